The molecule has 2 rings (SSSR count). The molecule has 0 bridgehead atoms. The van der Waals surface area contributed by atoms with Gasteiger partial charge in [-0.15, -0.1) is 0 Å². The number of hydrogen-bond donors (Lipinski definition) is 2. The third kappa shape index (κ3) is 3.95. The second-order valence-corrected chi connectivity index (χ2v) is 7.97. The maximum Gasteiger partial charge on any atom is 0.265 e. The van der Waals surface area contributed by atoms with Gasteiger partial charge < -0.3 is 0 Å². The van der Waals surface area contributed by atoms with Gasteiger partial charge in [-0.2, -0.15) is 0 Å². The zero-order chi connectivity index (χ0) is 17.3. The first kappa shape index (κ1) is 17.1. The van der Waals surface area contributed by atoms with Crippen LogP contribution in [0.15, 0.2) is 58.3 Å². The number of nitrogens with two attached hydrogens (primary N) is 1. The first-order valence-electron chi connectivity index (χ1n) is 6.37. The summed E-state index contributed by atoms with van der Waals surface area (Å²) in [7, 11) is -8.64. The fourth-order valence-corrected chi connectivity index (χ4v) is 4.20. The lowest BCUT2D eigenvalue weighted by Gasteiger charge is -2.10. The number of hydrogen-bond acceptors (Lipinski definition) is 5. The number of nitrogens with one attached hydrogen (secondary N) is 1. The predicted octanol–water partition coefficient (Wildman–Crippen LogP) is 0.761. The molecular formula is C14H14N2O5S2. The lowest BCUT2D eigenvalue weighted by atomic mass is 10.1. The van der Waals surface area contributed by atoms with Crippen molar-refractivity contribution in [3.8, 4) is 0 Å². The molecule has 2 aromatic rings. The Balaban J connectivity index is 2.41. The monoisotopic (exact) mass is 354 g/mol. The maximum absolute atomic E-state index is 12.3. The molecule has 0 saturated heterocycles. The van der Waals surface area contributed by atoms with Crippen LogP contribution in [0.2, 0.25) is 0 Å². The van der Waals surface area contributed by atoms with Crippen LogP contribution in [0.5, 0.6) is 0 Å². The summed E-state index contributed by atoms with van der Waals surface area (Å²) >= 11 is 0. The van der Waals surface area contributed by atoms with Crippen molar-refractivity contribution in [2.75, 3.05) is 0 Å². The van der Waals surface area contributed by atoms with Crippen LogP contribution in [-0.2, 0) is 20.0 Å². The molecule has 23 heavy (non-hydrogen) atoms. The van der Waals surface area contributed by atoms with E-state index < -0.39 is 35.7 Å². The van der Waals surface area contributed by atoms with Crippen LogP contribution in [0.25, 0.3) is 0 Å². The molecule has 0 aromatic heterocycles. The van der Waals surface area contributed by atoms with Crippen molar-refractivity contribution < 1.29 is 21.6 Å². The normalized spacial score (nSPS) is 11.9. The second kappa shape index (κ2) is 6.11. The summed E-state index contributed by atoms with van der Waals surface area (Å²) in [6, 6.07) is 11.0. The van der Waals surface area contributed by atoms with Gasteiger partial charge in [-0.25, -0.2) is 26.7 Å². The lowest BCUT2D eigenvalue weighted by molar-refractivity contribution is 0.0981. The van der Waals surface area contributed by atoms with Gasteiger partial charge in [0.1, 0.15) is 9.79 Å². The number of carbonyl (C=O) groups excluding carboxylic acids is 1. The molecule has 1 amide bonds. The quantitative estimate of drug-likeness (QED) is 0.839. The van der Waals surface area contributed by atoms with Crippen LogP contribution in [-0.4, -0.2) is 22.7 Å². The van der Waals surface area contributed by atoms with Crippen molar-refractivity contribution >= 4 is 26.0 Å². The average Bonchev–Trinajstić information content (AvgIpc) is 2.46. The van der Waals surface area contributed by atoms with Crippen LogP contribution in [0.3, 0.4) is 0 Å². The summed E-state index contributed by atoms with van der Waals surface area (Å²) < 4.78 is 49.4. The Morgan fingerprint density at radius 1 is 0.913 bits per heavy atom. The van der Waals surface area contributed by atoms with Gasteiger partial charge in [0.25, 0.3) is 15.9 Å². The van der Waals surface area contributed by atoms with E-state index in [0.29, 0.717) is 0 Å². The molecule has 0 unspecified atom stereocenters. The smallest absolute Gasteiger partial charge is 0.265 e. The predicted molar refractivity (Wildman–Crippen MR) is 83.6 cm³/mol. The maximum atomic E-state index is 12.3. The zero-order valence-electron chi connectivity index (χ0n) is 12.1. The highest BCUT2D eigenvalue weighted by Gasteiger charge is 2.26. The molecule has 0 radical (unpaired) electrons. The van der Waals surface area contributed by atoms with Gasteiger partial charge >= 0.3 is 0 Å². The molecular weight excluding hydrogens is 340 g/mol. The Morgan fingerprint density at radius 2 is 1.43 bits per heavy atom. The largest absolute Gasteiger partial charge is 0.268 e. The van der Waals surface area contributed by atoms with Gasteiger partial charge in [0.15, 0.2) is 0 Å². The molecule has 0 aliphatic heterocycles. The Labute approximate surface area is 134 Å². The average molecular weight is 354 g/mol. The molecule has 0 atom stereocenters. The van der Waals surface area contributed by atoms with E-state index in [0.717, 1.165) is 17.7 Å². The van der Waals surface area contributed by atoms with Crippen molar-refractivity contribution in [3.05, 3.63) is 59.7 Å². The van der Waals surface area contributed by atoms with Crippen LogP contribution < -0.4 is 9.86 Å². The van der Waals surface area contributed by atoms with E-state index in [1.165, 1.54) is 24.3 Å². The van der Waals surface area contributed by atoms with E-state index in [1.807, 2.05) is 11.6 Å². The van der Waals surface area contributed by atoms with Crippen molar-refractivity contribution in [1.82, 2.24) is 4.72 Å². The minimum absolute atomic E-state index is 0.132. The van der Waals surface area contributed by atoms with E-state index in [4.69, 9.17) is 5.14 Å². The third-order valence-corrected chi connectivity index (χ3v) is 5.47. The minimum Gasteiger partial charge on any atom is -0.268 e. The van der Waals surface area contributed by atoms with Crippen molar-refractivity contribution in [1.29, 1.82) is 0 Å². The summed E-state index contributed by atoms with van der Waals surface area (Å²) in [6.07, 6.45) is 0. The van der Waals surface area contributed by atoms with E-state index in [9.17, 15) is 21.6 Å². The lowest BCUT2D eigenvalue weighted by Crippen LogP contribution is -2.32. The van der Waals surface area contributed by atoms with E-state index in [1.54, 1.807) is 12.1 Å². The first-order chi connectivity index (χ1) is 10.6. The van der Waals surface area contributed by atoms with Gasteiger partial charge in [0, 0.05) is 5.56 Å². The number of sulfonamides is 2. The Kier molecular flexibility index (Phi) is 4.55. The fourth-order valence-electron chi connectivity index (χ4n) is 1.85. The Bertz CT molecular complexity index is 949. The molecule has 9 heteroatoms. The standard InChI is InChI=1S/C14H14N2O5S2/c1-10-6-8-11(9-7-10)14(17)16-23(20,21)13-5-3-2-4-12(13)22(15,18)19/h2-9H,1H3,(H,16,17)(H2,15,18,19). The van der Waals surface area contributed by atoms with Crippen LogP contribution in [0.1, 0.15) is 15.9 Å². The number of carbonyl (C=O) groups is 1. The van der Waals surface area contributed by atoms with Crippen molar-refractivity contribution in [2.24, 2.45) is 5.14 Å². The van der Waals surface area contributed by atoms with Crippen molar-refractivity contribution in [3.63, 3.8) is 0 Å². The molecule has 0 aliphatic rings. The van der Waals surface area contributed by atoms with Gasteiger partial charge in [0.2, 0.25) is 10.0 Å². The van der Waals surface area contributed by atoms with Crippen LogP contribution in [0, 0.1) is 6.92 Å². The van der Waals surface area contributed by atoms with Gasteiger partial charge in [-0.3, -0.25) is 4.79 Å². The highest BCUT2D eigenvalue weighted by Crippen LogP contribution is 2.19. The summed E-state index contributed by atoms with van der Waals surface area (Å²) in [5.41, 5.74) is 1.04. The number of amides is 1. The van der Waals surface area contributed by atoms with E-state index in [-0.39, 0.29) is 5.56 Å². The molecule has 0 saturated carbocycles. The summed E-state index contributed by atoms with van der Waals surface area (Å²) in [4.78, 5) is 10.9. The number of aryl methyl sites for hydroxylation is 1. The van der Waals surface area contributed by atoms with Gasteiger partial charge in [-0.1, -0.05) is 29.8 Å². The Hall–Kier alpha value is -2.23. The zero-order valence-corrected chi connectivity index (χ0v) is 13.7. The highest BCUT2D eigenvalue weighted by molar-refractivity contribution is 7.92. The van der Waals surface area contributed by atoms with E-state index >= 15 is 0 Å². The van der Waals surface area contributed by atoms with Gasteiger partial charge in [-0.05, 0) is 31.2 Å². The van der Waals surface area contributed by atoms with Crippen LogP contribution >= 0.6 is 0 Å². The highest BCUT2D eigenvalue weighted by atomic mass is 32.2. The molecule has 2 aromatic carbocycles. The topological polar surface area (TPSA) is 123 Å². The molecule has 0 heterocycles. The fraction of sp³-hybridized carbons (Fsp3) is 0.0714. The SMILES string of the molecule is Cc1ccc(C(=O)NS(=O)(=O)c2ccccc2S(N)(=O)=O)cc1. The minimum atomic E-state index is -4.39. The van der Waals surface area contributed by atoms with Crippen molar-refractivity contribution in [2.45, 2.75) is 16.7 Å². The summed E-state index contributed by atoms with van der Waals surface area (Å²) in [5.74, 6) is -0.866. The molecule has 0 aliphatic carbocycles. The molecule has 122 valence electrons. The summed E-state index contributed by atoms with van der Waals surface area (Å²) in [6.45, 7) is 1.82. The van der Waals surface area contributed by atoms with E-state index in [2.05, 4.69) is 0 Å². The number of benzene rings is 2. The molecule has 0 spiro atoms. The second-order valence-electron chi connectivity index (χ2n) is 4.79. The molecule has 0 fully saturated rings. The molecule has 3 N–H and O–H groups in total. The van der Waals surface area contributed by atoms with Gasteiger partial charge in [0.05, 0.1) is 0 Å². The third-order valence-electron chi connectivity index (χ3n) is 2.99. The Morgan fingerprint density at radius 3 is 1.96 bits per heavy atom. The number of primary sulfonamides is 1. The van der Waals surface area contributed by atoms with Crippen LogP contribution in [0.4, 0.5) is 0 Å². The summed E-state index contributed by atoms with van der Waals surface area (Å²) in [5, 5.41) is 5.01. The molecule has 7 nitrogen and oxygen atoms in total. The first-order valence-corrected chi connectivity index (χ1v) is 9.40. The number of rotatable bonds is 4.